The van der Waals surface area contributed by atoms with E-state index >= 15 is 0 Å². The molecule has 0 rings (SSSR count). The summed E-state index contributed by atoms with van der Waals surface area (Å²) in [7, 11) is 4.39. The van der Waals surface area contributed by atoms with E-state index in [0.717, 1.165) is 56.1 Å². The lowest BCUT2D eigenvalue weighted by atomic mass is 10.0. The minimum absolute atomic E-state index is 0.194. The lowest BCUT2D eigenvalue weighted by molar-refractivity contribution is -0.893. The Bertz CT molecular complexity index is 371. The average molecular weight is 415 g/mol. The number of unbranched alkanes of at least 4 members (excludes halogenated alkanes) is 14. The topological polar surface area (TPSA) is 57.5 Å². The summed E-state index contributed by atoms with van der Waals surface area (Å²) in [6, 6.07) is 0. The third kappa shape index (κ3) is 21.9. The van der Waals surface area contributed by atoms with Crippen molar-refractivity contribution >= 4 is 5.97 Å². The van der Waals surface area contributed by atoms with E-state index in [1.165, 1.54) is 70.6 Å². The molecule has 0 aromatic heterocycles. The first-order chi connectivity index (χ1) is 13.9. The summed E-state index contributed by atoms with van der Waals surface area (Å²) in [4.78, 5) is 10.5. The van der Waals surface area contributed by atoms with E-state index in [1.807, 2.05) is 0 Å². The number of likely N-dealkylation sites (N-methyl/N-ethyl adjacent to an activating group) is 1. The van der Waals surface area contributed by atoms with Crippen molar-refractivity contribution in [2.75, 3.05) is 27.2 Å². The largest absolute Gasteiger partial charge is 0.481 e. The van der Waals surface area contributed by atoms with E-state index in [4.69, 9.17) is 5.11 Å². The van der Waals surface area contributed by atoms with Crippen LogP contribution in [0.5, 0.6) is 0 Å². The maximum Gasteiger partial charge on any atom is 0.303 e. The lowest BCUT2D eigenvalue weighted by Crippen LogP contribution is -2.45. The first-order valence-electron chi connectivity index (χ1n) is 12.6. The number of aliphatic hydroxyl groups is 1. The van der Waals surface area contributed by atoms with Crippen LogP contribution in [0.4, 0.5) is 0 Å². The molecule has 0 radical (unpaired) electrons. The van der Waals surface area contributed by atoms with Gasteiger partial charge in [0.15, 0.2) is 0 Å². The number of carbonyl (C=O) groups is 1. The Morgan fingerprint density at radius 2 is 1.17 bits per heavy atom. The molecule has 0 saturated heterocycles. The van der Waals surface area contributed by atoms with E-state index in [1.54, 1.807) is 0 Å². The summed E-state index contributed by atoms with van der Waals surface area (Å²) >= 11 is 0. The molecule has 0 amide bonds. The second-order valence-corrected chi connectivity index (χ2v) is 9.73. The third-order valence-electron chi connectivity index (χ3n) is 6.00. The van der Waals surface area contributed by atoms with Gasteiger partial charge in [-0.2, -0.15) is 0 Å². The number of aliphatic hydroxyl groups excluding tert-OH is 1. The van der Waals surface area contributed by atoms with Crippen molar-refractivity contribution in [2.45, 2.75) is 129 Å². The molecule has 29 heavy (non-hydrogen) atoms. The van der Waals surface area contributed by atoms with Gasteiger partial charge in [-0.1, -0.05) is 90.4 Å². The van der Waals surface area contributed by atoms with Crippen LogP contribution < -0.4 is 0 Å². The Balaban J connectivity index is 3.48. The second kappa shape index (κ2) is 19.4. The Morgan fingerprint density at radius 1 is 0.724 bits per heavy atom. The van der Waals surface area contributed by atoms with Crippen molar-refractivity contribution in [3.8, 4) is 0 Å². The van der Waals surface area contributed by atoms with Crippen LogP contribution in [0.1, 0.15) is 122 Å². The molecule has 2 N–H and O–H groups in total. The van der Waals surface area contributed by atoms with Crippen LogP contribution >= 0.6 is 0 Å². The third-order valence-corrected chi connectivity index (χ3v) is 6.00. The highest BCUT2D eigenvalue weighted by molar-refractivity contribution is 5.66. The minimum atomic E-state index is -0.693. The molecule has 4 nitrogen and oxygen atoms in total. The van der Waals surface area contributed by atoms with Crippen LogP contribution in [0.25, 0.3) is 0 Å². The van der Waals surface area contributed by atoms with Gasteiger partial charge in [0, 0.05) is 6.42 Å². The highest BCUT2D eigenvalue weighted by Gasteiger charge is 2.19. The molecule has 0 aliphatic rings. The molecule has 0 bridgehead atoms. The summed E-state index contributed by atoms with van der Waals surface area (Å²) in [5.74, 6) is -0.693. The van der Waals surface area contributed by atoms with Crippen LogP contribution in [-0.2, 0) is 4.79 Å². The summed E-state index contributed by atoms with van der Waals surface area (Å²) in [5, 5.41) is 19.0. The number of carboxylic acids is 1. The van der Waals surface area contributed by atoms with Gasteiger partial charge in [0.2, 0.25) is 0 Å². The molecular weight excluding hydrogens is 362 g/mol. The SMILES string of the molecule is CCCCCCCCCCCCCCC(O)C[N+](C)(C)CCCCCCC(=O)O. The van der Waals surface area contributed by atoms with Crippen molar-refractivity contribution in [1.82, 2.24) is 0 Å². The Kier molecular flexibility index (Phi) is 19.0. The summed E-state index contributed by atoms with van der Waals surface area (Å²) in [6.07, 6.45) is 21.3. The number of hydrogen-bond donors (Lipinski definition) is 2. The zero-order chi connectivity index (χ0) is 21.8. The predicted molar refractivity (Wildman–Crippen MR) is 124 cm³/mol. The molecule has 4 heteroatoms. The number of hydrogen-bond acceptors (Lipinski definition) is 2. The molecule has 0 heterocycles. The highest BCUT2D eigenvalue weighted by Crippen LogP contribution is 2.14. The normalized spacial score (nSPS) is 13.0. The lowest BCUT2D eigenvalue weighted by Gasteiger charge is -2.32. The van der Waals surface area contributed by atoms with Crippen LogP contribution in [0.3, 0.4) is 0 Å². The maximum absolute atomic E-state index is 10.5. The summed E-state index contributed by atoms with van der Waals surface area (Å²) < 4.78 is 0.859. The van der Waals surface area contributed by atoms with Gasteiger partial charge < -0.3 is 14.7 Å². The molecule has 0 aromatic rings. The molecule has 0 spiro atoms. The molecule has 0 aromatic carbocycles. The Morgan fingerprint density at radius 3 is 1.69 bits per heavy atom. The fourth-order valence-electron chi connectivity index (χ4n) is 4.14. The molecule has 174 valence electrons. The number of aliphatic carboxylic acids is 1. The van der Waals surface area contributed by atoms with Gasteiger partial charge >= 0.3 is 5.97 Å². The monoisotopic (exact) mass is 414 g/mol. The summed E-state index contributed by atoms with van der Waals surface area (Å²) in [5.41, 5.74) is 0. The molecule has 0 aliphatic heterocycles. The van der Waals surface area contributed by atoms with Gasteiger partial charge in [0.1, 0.15) is 12.6 Å². The first kappa shape index (κ1) is 28.4. The van der Waals surface area contributed by atoms with Crippen molar-refractivity contribution in [3.63, 3.8) is 0 Å². The molecule has 0 aliphatic carbocycles. The maximum atomic E-state index is 10.5. The zero-order valence-corrected chi connectivity index (χ0v) is 20.0. The molecule has 0 fully saturated rings. The smallest absolute Gasteiger partial charge is 0.303 e. The van der Waals surface area contributed by atoms with E-state index in [0.29, 0.717) is 0 Å². The highest BCUT2D eigenvalue weighted by atomic mass is 16.4. The van der Waals surface area contributed by atoms with E-state index in [-0.39, 0.29) is 12.5 Å². The molecule has 1 atom stereocenters. The number of quaternary nitrogens is 1. The fraction of sp³-hybridized carbons (Fsp3) is 0.960. The Labute approximate surface area is 181 Å². The molecule has 1 unspecified atom stereocenters. The van der Waals surface area contributed by atoms with Crippen molar-refractivity contribution in [3.05, 3.63) is 0 Å². The van der Waals surface area contributed by atoms with Crippen LogP contribution in [0.2, 0.25) is 0 Å². The van der Waals surface area contributed by atoms with Gasteiger partial charge in [-0.05, 0) is 25.7 Å². The number of carboxylic acid groups (broad SMARTS) is 1. The van der Waals surface area contributed by atoms with E-state index in [2.05, 4.69) is 21.0 Å². The van der Waals surface area contributed by atoms with Crippen LogP contribution in [-0.4, -0.2) is 54.0 Å². The van der Waals surface area contributed by atoms with Gasteiger partial charge in [0.05, 0.1) is 20.6 Å². The van der Waals surface area contributed by atoms with Gasteiger partial charge in [-0.3, -0.25) is 4.79 Å². The van der Waals surface area contributed by atoms with Crippen molar-refractivity contribution < 1.29 is 19.5 Å². The molecular formula is C25H52NO3+. The predicted octanol–water partition coefficient (Wildman–Crippen LogP) is 6.55. The standard InChI is InChI=1S/C25H51NO3/c1-4-5-6-7-8-9-10-11-12-13-14-17-20-24(27)23-26(2,3)22-19-16-15-18-21-25(28)29/h24,27H,4-23H2,1-3H3/p+1. The van der Waals surface area contributed by atoms with Crippen molar-refractivity contribution in [1.29, 1.82) is 0 Å². The van der Waals surface area contributed by atoms with Gasteiger partial charge in [-0.25, -0.2) is 0 Å². The first-order valence-corrected chi connectivity index (χ1v) is 12.6. The summed E-state index contributed by atoms with van der Waals surface area (Å²) in [6.45, 7) is 4.16. The fourth-order valence-corrected chi connectivity index (χ4v) is 4.14. The second-order valence-electron chi connectivity index (χ2n) is 9.73. The van der Waals surface area contributed by atoms with E-state index in [9.17, 15) is 9.90 Å². The quantitative estimate of drug-likeness (QED) is 0.156. The Hall–Kier alpha value is -0.610. The zero-order valence-electron chi connectivity index (χ0n) is 20.0. The minimum Gasteiger partial charge on any atom is -0.481 e. The average Bonchev–Trinajstić information content (AvgIpc) is 2.64. The van der Waals surface area contributed by atoms with E-state index < -0.39 is 5.97 Å². The van der Waals surface area contributed by atoms with Crippen LogP contribution in [0.15, 0.2) is 0 Å². The number of nitrogens with zero attached hydrogens (tertiary/aromatic N) is 1. The van der Waals surface area contributed by atoms with Crippen molar-refractivity contribution in [2.24, 2.45) is 0 Å². The number of rotatable bonds is 22. The van der Waals surface area contributed by atoms with Crippen LogP contribution in [0, 0.1) is 0 Å². The van der Waals surface area contributed by atoms with Gasteiger partial charge in [0.25, 0.3) is 0 Å². The molecule has 0 saturated carbocycles. The van der Waals surface area contributed by atoms with Gasteiger partial charge in [-0.15, -0.1) is 0 Å².